The minimum Gasteiger partial charge on any atom is -0.363 e. The Morgan fingerprint density at radius 2 is 1.35 bits per heavy atom. The summed E-state index contributed by atoms with van der Waals surface area (Å²) >= 11 is 6.70. The molecular formula is C19H36N12OS2. The van der Waals surface area contributed by atoms with Gasteiger partial charge >= 0.3 is 6.03 Å². The number of thiocarbonyl (C=S) groups is 1. The van der Waals surface area contributed by atoms with Gasteiger partial charge in [-0.15, -0.1) is 10.2 Å². The number of nitrogens with zero attached hydrogens (tertiary/aromatic N) is 8. The topological polar surface area (TPSA) is 152 Å². The van der Waals surface area contributed by atoms with E-state index >= 15 is 0 Å². The molecule has 0 spiro atoms. The molecule has 2 aromatic heterocycles. The zero-order chi connectivity index (χ0) is 24.9. The van der Waals surface area contributed by atoms with E-state index in [1.54, 1.807) is 22.0 Å². The second kappa shape index (κ2) is 14.0. The average molecular weight is 513 g/mol. The molecule has 0 bridgehead atoms. The maximum absolute atomic E-state index is 11.9. The van der Waals surface area contributed by atoms with Gasteiger partial charge in [-0.3, -0.25) is 4.72 Å². The highest BCUT2D eigenvalue weighted by Gasteiger charge is 2.21. The monoisotopic (exact) mass is 512 g/mol. The quantitative estimate of drug-likeness (QED) is 0.155. The molecule has 15 heteroatoms. The summed E-state index contributed by atoms with van der Waals surface area (Å²) in [6.45, 7) is 10.4. The van der Waals surface area contributed by atoms with Crippen LogP contribution in [0, 0.1) is 0 Å². The standard InChI is InChI=1S/C19H36N12OS2/c1-18(2,30-14-23-26-28-30)8-5-10-20-16(32)25-34-13-7-12-22-17(33)21-11-6-9-19(3,4)31-15-24-27-29-31/h14-15H,5-13H2,1-4H3,(H2,20,25,32)(H2,21,22,33). The number of amides is 2. The van der Waals surface area contributed by atoms with E-state index in [0.717, 1.165) is 50.9 Å². The summed E-state index contributed by atoms with van der Waals surface area (Å²) in [7, 11) is 0. The van der Waals surface area contributed by atoms with Crippen molar-refractivity contribution >= 4 is 35.3 Å². The van der Waals surface area contributed by atoms with E-state index in [2.05, 4.69) is 79.4 Å². The summed E-state index contributed by atoms with van der Waals surface area (Å²) in [6.07, 6.45) is 7.66. The first-order chi connectivity index (χ1) is 16.2. The third-order valence-electron chi connectivity index (χ3n) is 5.31. The van der Waals surface area contributed by atoms with Crippen LogP contribution in [-0.2, 0) is 11.1 Å². The van der Waals surface area contributed by atoms with E-state index in [4.69, 9.17) is 12.2 Å². The SMILES string of the molecule is CC(C)(CCCNC(=O)NSCCCNC(=S)NCCCC(C)(C)n1cnnn1)n1cnnn1. The third kappa shape index (κ3) is 10.2. The second-order valence-corrected chi connectivity index (χ2v) is 10.4. The lowest BCUT2D eigenvalue weighted by atomic mass is 9.99. The lowest BCUT2D eigenvalue weighted by molar-refractivity contribution is 0.243. The van der Waals surface area contributed by atoms with Crippen molar-refractivity contribution in [3.63, 3.8) is 0 Å². The van der Waals surface area contributed by atoms with Gasteiger partial charge in [0.25, 0.3) is 0 Å². The molecule has 2 amide bonds. The summed E-state index contributed by atoms with van der Waals surface area (Å²) in [5.74, 6) is 0.787. The first-order valence-electron chi connectivity index (χ1n) is 11.3. The molecule has 0 aromatic carbocycles. The minimum atomic E-state index is -0.189. The van der Waals surface area contributed by atoms with Crippen molar-refractivity contribution in [3.05, 3.63) is 12.7 Å². The summed E-state index contributed by atoms with van der Waals surface area (Å²) in [5, 5.41) is 32.6. The minimum absolute atomic E-state index is 0.136. The highest BCUT2D eigenvalue weighted by atomic mass is 32.2. The molecule has 0 saturated carbocycles. The van der Waals surface area contributed by atoms with Gasteiger partial charge in [0.1, 0.15) is 12.7 Å². The Morgan fingerprint density at radius 3 is 1.85 bits per heavy atom. The predicted molar refractivity (Wildman–Crippen MR) is 135 cm³/mol. The number of carbonyl (C=O) groups is 1. The molecule has 4 N–H and O–H groups in total. The lowest BCUT2D eigenvalue weighted by Gasteiger charge is -2.24. The van der Waals surface area contributed by atoms with Crippen molar-refractivity contribution in [1.82, 2.24) is 61.1 Å². The van der Waals surface area contributed by atoms with Crippen LogP contribution in [-0.4, -0.2) is 76.9 Å². The van der Waals surface area contributed by atoms with E-state index in [0.29, 0.717) is 11.7 Å². The molecule has 0 saturated heterocycles. The van der Waals surface area contributed by atoms with Gasteiger partial charge in [0, 0.05) is 25.4 Å². The molecule has 0 aliphatic heterocycles. The summed E-state index contributed by atoms with van der Waals surface area (Å²) in [5.41, 5.74) is -0.325. The van der Waals surface area contributed by atoms with Gasteiger partial charge in [-0.1, -0.05) is 0 Å². The number of hydrogen-bond donors (Lipinski definition) is 4. The Bertz CT molecular complexity index is 771. The van der Waals surface area contributed by atoms with Crippen molar-refractivity contribution in [2.24, 2.45) is 0 Å². The zero-order valence-corrected chi connectivity index (χ0v) is 22.0. The fraction of sp³-hybridized carbons (Fsp3) is 0.789. The lowest BCUT2D eigenvalue weighted by Crippen LogP contribution is -2.37. The molecule has 0 radical (unpaired) electrons. The van der Waals surface area contributed by atoms with Gasteiger partial charge in [-0.2, -0.15) is 0 Å². The fourth-order valence-electron chi connectivity index (χ4n) is 3.11. The van der Waals surface area contributed by atoms with E-state index in [9.17, 15) is 4.79 Å². The number of hydrogen-bond acceptors (Lipinski definition) is 9. The Kier molecular flexibility index (Phi) is 11.4. The van der Waals surface area contributed by atoms with Crippen molar-refractivity contribution in [2.45, 2.75) is 70.9 Å². The van der Waals surface area contributed by atoms with E-state index < -0.39 is 0 Å². The smallest absolute Gasteiger partial charge is 0.324 e. The number of aromatic nitrogens is 8. The van der Waals surface area contributed by atoms with Crippen LogP contribution in [0.4, 0.5) is 4.79 Å². The largest absolute Gasteiger partial charge is 0.363 e. The van der Waals surface area contributed by atoms with E-state index in [-0.39, 0.29) is 17.1 Å². The molecule has 2 heterocycles. The highest BCUT2D eigenvalue weighted by Crippen LogP contribution is 2.19. The van der Waals surface area contributed by atoms with Gasteiger partial charge in [-0.05, 0) is 105 Å². The number of rotatable bonds is 15. The predicted octanol–water partition coefficient (Wildman–Crippen LogP) is 1.19. The first kappa shape index (κ1) is 27.7. The van der Waals surface area contributed by atoms with Crippen LogP contribution < -0.4 is 20.7 Å². The van der Waals surface area contributed by atoms with Gasteiger partial charge in [0.2, 0.25) is 0 Å². The van der Waals surface area contributed by atoms with Crippen molar-refractivity contribution in [1.29, 1.82) is 0 Å². The van der Waals surface area contributed by atoms with Crippen LogP contribution in [0.1, 0.15) is 59.8 Å². The number of urea groups is 1. The normalized spacial score (nSPS) is 11.8. The first-order valence-corrected chi connectivity index (χ1v) is 12.7. The molecule has 2 rings (SSSR count). The van der Waals surface area contributed by atoms with Crippen LogP contribution in [0.25, 0.3) is 0 Å². The van der Waals surface area contributed by atoms with Gasteiger partial charge in [0.05, 0.1) is 11.1 Å². The molecule has 2 aromatic rings. The van der Waals surface area contributed by atoms with E-state index in [1.165, 1.54) is 11.9 Å². The maximum atomic E-state index is 11.9. The zero-order valence-electron chi connectivity index (χ0n) is 20.3. The van der Waals surface area contributed by atoms with Crippen LogP contribution in [0.3, 0.4) is 0 Å². The van der Waals surface area contributed by atoms with Gasteiger partial charge < -0.3 is 16.0 Å². The molecule has 0 atom stereocenters. The Morgan fingerprint density at radius 1 is 0.853 bits per heavy atom. The third-order valence-corrected chi connectivity index (χ3v) is 6.43. The molecule has 0 fully saturated rings. The van der Waals surface area contributed by atoms with Crippen molar-refractivity contribution in [2.75, 3.05) is 25.4 Å². The summed E-state index contributed by atoms with van der Waals surface area (Å²) in [4.78, 5) is 11.9. The van der Waals surface area contributed by atoms with Crippen LogP contribution in [0.2, 0.25) is 0 Å². The van der Waals surface area contributed by atoms with Crippen molar-refractivity contribution < 1.29 is 4.79 Å². The average Bonchev–Trinajstić information content (AvgIpc) is 3.51. The molecule has 0 unspecified atom stereocenters. The van der Waals surface area contributed by atoms with Crippen molar-refractivity contribution in [3.8, 4) is 0 Å². The number of nitrogens with one attached hydrogen (secondary N) is 4. The van der Waals surface area contributed by atoms with Crippen LogP contribution >= 0.6 is 24.2 Å². The highest BCUT2D eigenvalue weighted by molar-refractivity contribution is 7.97. The van der Waals surface area contributed by atoms with Gasteiger partial charge in [0.15, 0.2) is 5.11 Å². The second-order valence-electron chi connectivity index (χ2n) is 9.08. The summed E-state index contributed by atoms with van der Waals surface area (Å²) < 4.78 is 6.31. The molecule has 34 heavy (non-hydrogen) atoms. The summed E-state index contributed by atoms with van der Waals surface area (Å²) in [6, 6.07) is -0.181. The number of carbonyl (C=O) groups excluding carboxylic acids is 1. The Hall–Kier alpha value is -2.55. The van der Waals surface area contributed by atoms with Crippen LogP contribution in [0.15, 0.2) is 12.7 Å². The molecular weight excluding hydrogens is 476 g/mol. The molecule has 0 aliphatic carbocycles. The van der Waals surface area contributed by atoms with Crippen LogP contribution in [0.5, 0.6) is 0 Å². The fourth-order valence-corrected chi connectivity index (χ4v) is 3.91. The molecule has 190 valence electrons. The maximum Gasteiger partial charge on any atom is 0.324 e. The van der Waals surface area contributed by atoms with E-state index in [1.807, 2.05) is 0 Å². The molecule has 0 aliphatic rings. The van der Waals surface area contributed by atoms with Gasteiger partial charge in [-0.25, -0.2) is 14.2 Å². The number of tetrazole rings is 2. The molecule has 13 nitrogen and oxygen atoms in total. The Labute approximate surface area is 210 Å². The Balaban J connectivity index is 1.41.